The van der Waals surface area contributed by atoms with Crippen LogP contribution in [0.2, 0.25) is 0 Å². The molecule has 282 valence electrons. The van der Waals surface area contributed by atoms with Gasteiger partial charge in [-0.1, -0.05) is 167 Å². The van der Waals surface area contributed by atoms with E-state index in [0.717, 1.165) is 5.92 Å². The lowest BCUT2D eigenvalue weighted by atomic mass is 9.78. The topological polar surface area (TPSA) is 3.24 Å². The van der Waals surface area contributed by atoms with Crippen LogP contribution in [0.15, 0.2) is 170 Å². The molecule has 11 rings (SSSR count). The molecule has 2 heteroatoms. The fraction of sp³-hybridized carbons (Fsp3) is 0.179. The minimum absolute atomic E-state index is 0.199. The Kier molecular flexibility index (Phi) is 8.41. The van der Waals surface area contributed by atoms with Gasteiger partial charge in [0.2, 0.25) is 0 Å². The SMILES string of the molecule is CC1CCC(c2ccc(N(c3ccc4c(c3)C(C)(C)c3c(-c5ccccc5)cccc3-4)c3ccc4ccccc4c3-c3cccc4c3sc3ccccc34)cc2)CC1. The van der Waals surface area contributed by atoms with Crippen molar-refractivity contribution >= 4 is 59.3 Å². The first kappa shape index (κ1) is 35.2. The lowest BCUT2D eigenvalue weighted by molar-refractivity contribution is 0.348. The van der Waals surface area contributed by atoms with E-state index in [4.69, 9.17) is 0 Å². The lowest BCUT2D eigenvalue weighted by Gasteiger charge is -2.31. The molecule has 0 aliphatic heterocycles. The van der Waals surface area contributed by atoms with Crippen LogP contribution in [-0.4, -0.2) is 0 Å². The summed E-state index contributed by atoms with van der Waals surface area (Å²) >= 11 is 1.91. The van der Waals surface area contributed by atoms with E-state index >= 15 is 0 Å². The molecule has 2 aliphatic carbocycles. The van der Waals surface area contributed by atoms with Crippen molar-refractivity contribution in [2.45, 2.75) is 57.8 Å². The smallest absolute Gasteiger partial charge is 0.0547 e. The second-order valence-corrected chi connectivity index (χ2v) is 18.3. The second-order valence-electron chi connectivity index (χ2n) is 17.3. The van der Waals surface area contributed by atoms with Gasteiger partial charge in [-0.25, -0.2) is 0 Å². The maximum absolute atomic E-state index is 2.55. The highest BCUT2D eigenvalue weighted by Gasteiger charge is 2.38. The predicted octanol–water partition coefficient (Wildman–Crippen LogP) is 16.6. The number of hydrogen-bond donors (Lipinski definition) is 0. The van der Waals surface area contributed by atoms with E-state index in [0.29, 0.717) is 5.92 Å². The first-order valence-electron chi connectivity index (χ1n) is 21.1. The summed E-state index contributed by atoms with van der Waals surface area (Å²) in [5.41, 5.74) is 15.4. The van der Waals surface area contributed by atoms with Crippen molar-refractivity contribution < 1.29 is 0 Å². The van der Waals surface area contributed by atoms with E-state index in [9.17, 15) is 0 Å². The maximum atomic E-state index is 2.55. The molecule has 0 saturated heterocycles. The van der Waals surface area contributed by atoms with Crippen LogP contribution in [0.4, 0.5) is 17.1 Å². The Morgan fingerprint density at radius 2 is 1.21 bits per heavy atom. The lowest BCUT2D eigenvalue weighted by Crippen LogP contribution is -2.18. The summed E-state index contributed by atoms with van der Waals surface area (Å²) in [4.78, 5) is 2.55. The van der Waals surface area contributed by atoms with Crippen LogP contribution in [0.1, 0.15) is 69.1 Å². The fourth-order valence-electron chi connectivity index (χ4n) is 10.5. The van der Waals surface area contributed by atoms with E-state index < -0.39 is 0 Å². The van der Waals surface area contributed by atoms with E-state index in [1.165, 1.54) is 124 Å². The average Bonchev–Trinajstić information content (AvgIpc) is 3.76. The van der Waals surface area contributed by atoms with Crippen molar-refractivity contribution in [3.05, 3.63) is 187 Å². The predicted molar refractivity (Wildman–Crippen MR) is 250 cm³/mol. The van der Waals surface area contributed by atoms with E-state index in [2.05, 4.69) is 196 Å². The van der Waals surface area contributed by atoms with Gasteiger partial charge in [-0.2, -0.15) is 0 Å². The highest BCUT2D eigenvalue weighted by Crippen LogP contribution is 2.55. The highest BCUT2D eigenvalue weighted by atomic mass is 32.1. The molecule has 1 nitrogen and oxygen atoms in total. The number of benzene rings is 8. The van der Waals surface area contributed by atoms with Crippen LogP contribution in [0.5, 0.6) is 0 Å². The third-order valence-corrected chi connectivity index (χ3v) is 14.7. The normalized spacial score (nSPS) is 17.1. The monoisotopic (exact) mass is 765 g/mol. The zero-order valence-electron chi connectivity index (χ0n) is 33.5. The zero-order valence-corrected chi connectivity index (χ0v) is 34.3. The van der Waals surface area contributed by atoms with E-state index in [-0.39, 0.29) is 5.41 Å². The Labute approximate surface area is 346 Å². The van der Waals surface area contributed by atoms with E-state index in [1.807, 2.05) is 11.3 Å². The van der Waals surface area contributed by atoms with Gasteiger partial charge in [-0.15, -0.1) is 11.3 Å². The van der Waals surface area contributed by atoms with Crippen molar-refractivity contribution in [3.8, 4) is 33.4 Å². The second kappa shape index (κ2) is 13.9. The molecule has 1 fully saturated rings. The minimum Gasteiger partial charge on any atom is -0.310 e. The maximum Gasteiger partial charge on any atom is 0.0547 e. The van der Waals surface area contributed by atoms with E-state index in [1.54, 1.807) is 0 Å². The molecule has 1 aromatic heterocycles. The van der Waals surface area contributed by atoms with Gasteiger partial charge < -0.3 is 4.90 Å². The molecule has 0 bridgehead atoms. The molecule has 0 N–H and O–H groups in total. The van der Waals surface area contributed by atoms with Gasteiger partial charge in [0.15, 0.2) is 0 Å². The van der Waals surface area contributed by atoms with Gasteiger partial charge in [0.1, 0.15) is 0 Å². The molecular formula is C56H47NS. The van der Waals surface area contributed by atoms with Crippen LogP contribution in [0, 0.1) is 5.92 Å². The molecule has 2 aliphatic rings. The first-order valence-corrected chi connectivity index (χ1v) is 21.9. The molecular weight excluding hydrogens is 719 g/mol. The number of fused-ring (bicyclic) bond motifs is 7. The highest BCUT2D eigenvalue weighted by molar-refractivity contribution is 7.26. The Morgan fingerprint density at radius 3 is 2.03 bits per heavy atom. The molecule has 8 aromatic carbocycles. The van der Waals surface area contributed by atoms with Crippen molar-refractivity contribution in [2.75, 3.05) is 4.90 Å². The molecule has 0 atom stereocenters. The van der Waals surface area contributed by atoms with Crippen LogP contribution >= 0.6 is 11.3 Å². The van der Waals surface area contributed by atoms with Crippen LogP contribution in [0.3, 0.4) is 0 Å². The average molecular weight is 766 g/mol. The Hall–Kier alpha value is -5.96. The van der Waals surface area contributed by atoms with Crippen LogP contribution in [-0.2, 0) is 5.41 Å². The van der Waals surface area contributed by atoms with Crippen molar-refractivity contribution in [1.82, 2.24) is 0 Å². The molecule has 9 aromatic rings. The van der Waals surface area contributed by atoms with Gasteiger partial charge >= 0.3 is 0 Å². The quantitative estimate of drug-likeness (QED) is 0.163. The van der Waals surface area contributed by atoms with Crippen molar-refractivity contribution in [3.63, 3.8) is 0 Å². The van der Waals surface area contributed by atoms with Gasteiger partial charge in [0.25, 0.3) is 0 Å². The molecule has 0 radical (unpaired) electrons. The van der Waals surface area contributed by atoms with Crippen LogP contribution < -0.4 is 4.90 Å². The number of thiophene rings is 1. The number of hydrogen-bond acceptors (Lipinski definition) is 2. The molecule has 0 unspecified atom stereocenters. The zero-order chi connectivity index (χ0) is 39.0. The summed E-state index contributed by atoms with van der Waals surface area (Å²) in [5.74, 6) is 1.47. The van der Waals surface area contributed by atoms with Crippen molar-refractivity contribution in [2.24, 2.45) is 5.92 Å². The molecule has 58 heavy (non-hydrogen) atoms. The standard InChI is InChI=1S/C56H47NS/c1-36-23-25-37(26-24-36)38-27-30-41(31-28-38)57(42-32-33-45-47-19-11-18-44(39-13-5-4-6-14-39)54(47)56(2,3)50(45)35-42)51-34-29-40-15-7-8-16-43(40)53(51)49-21-12-20-48-46-17-9-10-22-52(46)58-55(48)49/h4-22,27-37H,23-26H2,1-3H3. The number of anilines is 3. The summed E-state index contributed by atoms with van der Waals surface area (Å²) in [7, 11) is 0. The molecule has 1 heterocycles. The largest absolute Gasteiger partial charge is 0.310 e. The molecule has 0 spiro atoms. The summed E-state index contributed by atoms with van der Waals surface area (Å²) in [6, 6.07) is 64.1. The van der Waals surface area contributed by atoms with Gasteiger partial charge in [0.05, 0.1) is 5.69 Å². The van der Waals surface area contributed by atoms with Gasteiger partial charge in [-0.05, 0) is 111 Å². The summed E-state index contributed by atoms with van der Waals surface area (Å²) in [6.45, 7) is 7.25. The Bertz CT molecular complexity index is 3000. The fourth-order valence-corrected chi connectivity index (χ4v) is 11.7. The molecule has 0 amide bonds. The van der Waals surface area contributed by atoms with Crippen LogP contribution in [0.25, 0.3) is 64.3 Å². The third kappa shape index (κ3) is 5.64. The number of nitrogens with zero attached hydrogens (tertiary/aromatic N) is 1. The van der Waals surface area contributed by atoms with Crippen molar-refractivity contribution in [1.29, 1.82) is 0 Å². The van der Waals surface area contributed by atoms with Gasteiger partial charge in [0, 0.05) is 48.1 Å². The third-order valence-electron chi connectivity index (χ3n) is 13.5. The summed E-state index contributed by atoms with van der Waals surface area (Å²) in [5, 5.41) is 5.16. The Balaban J connectivity index is 1.14. The number of rotatable bonds is 6. The minimum atomic E-state index is -0.199. The Morgan fingerprint density at radius 1 is 0.534 bits per heavy atom. The summed E-state index contributed by atoms with van der Waals surface area (Å²) in [6.07, 6.45) is 5.20. The molecule has 1 saturated carbocycles. The first-order chi connectivity index (χ1) is 28.4. The van der Waals surface area contributed by atoms with Gasteiger partial charge in [-0.3, -0.25) is 0 Å². The summed E-state index contributed by atoms with van der Waals surface area (Å²) < 4.78 is 2.66.